The van der Waals surface area contributed by atoms with Crippen molar-refractivity contribution in [3.05, 3.63) is 34.4 Å². The third-order valence-electron chi connectivity index (χ3n) is 4.68. The standard InChI is InChI=1S/C17H12ClF2N7S/c1-6-4-8(14(19)20)22-17-9(6)11-13(28-17)16-23-15(25-27(16)5-21-11)12-10(18)7(2)26(3)24-12/h4-5,14H,1-3H3. The van der Waals surface area contributed by atoms with Crippen molar-refractivity contribution in [3.8, 4) is 11.5 Å². The lowest BCUT2D eigenvalue weighted by Crippen LogP contribution is -1.93. The molecule has 5 aromatic heterocycles. The van der Waals surface area contributed by atoms with Crippen molar-refractivity contribution in [1.29, 1.82) is 0 Å². The van der Waals surface area contributed by atoms with Gasteiger partial charge in [-0.1, -0.05) is 11.6 Å². The van der Waals surface area contributed by atoms with E-state index < -0.39 is 6.43 Å². The van der Waals surface area contributed by atoms with E-state index in [4.69, 9.17) is 11.6 Å². The molecule has 0 fully saturated rings. The first-order chi connectivity index (χ1) is 13.3. The zero-order valence-electron chi connectivity index (χ0n) is 14.9. The minimum atomic E-state index is -2.63. The normalized spacial score (nSPS) is 12.2. The molecule has 0 unspecified atom stereocenters. The molecule has 0 aliphatic rings. The topological polar surface area (TPSA) is 73.8 Å². The van der Waals surface area contributed by atoms with E-state index in [1.165, 1.54) is 21.9 Å². The summed E-state index contributed by atoms with van der Waals surface area (Å²) in [6.07, 6.45) is -1.08. The zero-order chi connectivity index (χ0) is 19.7. The van der Waals surface area contributed by atoms with Gasteiger partial charge in [-0.3, -0.25) is 4.68 Å². The molecule has 0 N–H and O–H groups in total. The van der Waals surface area contributed by atoms with Gasteiger partial charge in [0.1, 0.15) is 21.6 Å². The Labute approximate surface area is 165 Å². The number of pyridine rings is 1. The fraction of sp³-hybridized carbons (Fsp3) is 0.235. The summed E-state index contributed by atoms with van der Waals surface area (Å²) in [5.74, 6) is 0.374. The molecule has 11 heteroatoms. The summed E-state index contributed by atoms with van der Waals surface area (Å²) in [6.45, 7) is 3.63. The summed E-state index contributed by atoms with van der Waals surface area (Å²) in [7, 11) is 1.79. The Hall–Kier alpha value is -2.72. The summed E-state index contributed by atoms with van der Waals surface area (Å²) in [6, 6.07) is 1.40. The van der Waals surface area contributed by atoms with Gasteiger partial charge in [-0.25, -0.2) is 28.2 Å². The highest BCUT2D eigenvalue weighted by molar-refractivity contribution is 7.26. The van der Waals surface area contributed by atoms with Gasteiger partial charge in [0, 0.05) is 12.4 Å². The second-order valence-corrected chi connectivity index (χ2v) is 7.82. The van der Waals surface area contributed by atoms with Crippen LogP contribution >= 0.6 is 22.9 Å². The SMILES string of the molecule is Cc1cc(C(F)F)nc2sc3c(ncn4nc(-c5nn(C)c(C)c5Cl)nc34)c12. The second kappa shape index (κ2) is 5.89. The molecule has 0 aliphatic heterocycles. The number of halogens is 3. The summed E-state index contributed by atoms with van der Waals surface area (Å²) in [5.41, 5.74) is 2.96. The molecule has 142 valence electrons. The molecule has 0 bridgehead atoms. The molecule has 0 atom stereocenters. The number of aryl methyl sites for hydroxylation is 2. The van der Waals surface area contributed by atoms with Crippen molar-refractivity contribution in [2.24, 2.45) is 7.05 Å². The fourth-order valence-corrected chi connectivity index (χ4v) is 4.60. The maximum Gasteiger partial charge on any atom is 0.280 e. The molecule has 0 saturated heterocycles. The van der Waals surface area contributed by atoms with Crippen LogP contribution in [0.3, 0.4) is 0 Å². The van der Waals surface area contributed by atoms with Gasteiger partial charge >= 0.3 is 0 Å². The van der Waals surface area contributed by atoms with E-state index in [9.17, 15) is 8.78 Å². The number of alkyl halides is 2. The highest BCUT2D eigenvalue weighted by Crippen LogP contribution is 2.37. The van der Waals surface area contributed by atoms with Crippen LogP contribution in [0.2, 0.25) is 5.02 Å². The van der Waals surface area contributed by atoms with Crippen molar-refractivity contribution < 1.29 is 8.78 Å². The van der Waals surface area contributed by atoms with E-state index in [1.54, 1.807) is 25.0 Å². The third kappa shape index (κ3) is 2.34. The average molecular weight is 420 g/mol. The average Bonchev–Trinajstić information content (AvgIpc) is 3.31. The van der Waals surface area contributed by atoms with Crippen LogP contribution in [0.15, 0.2) is 12.4 Å². The molecule has 0 saturated carbocycles. The number of rotatable bonds is 2. The Morgan fingerprint density at radius 1 is 1.18 bits per heavy atom. The van der Waals surface area contributed by atoms with Crippen LogP contribution in [0.1, 0.15) is 23.4 Å². The minimum Gasteiger partial charge on any atom is -0.271 e. The molecule has 0 radical (unpaired) electrons. The molecule has 5 heterocycles. The number of hydrogen-bond acceptors (Lipinski definition) is 6. The van der Waals surface area contributed by atoms with Gasteiger partial charge in [0.15, 0.2) is 11.3 Å². The molecule has 28 heavy (non-hydrogen) atoms. The van der Waals surface area contributed by atoms with Gasteiger partial charge in [0.05, 0.1) is 16.2 Å². The number of nitrogens with zero attached hydrogens (tertiary/aromatic N) is 7. The first-order valence-electron chi connectivity index (χ1n) is 8.28. The predicted octanol–water partition coefficient (Wildman–Crippen LogP) is 4.50. The third-order valence-corrected chi connectivity index (χ3v) is 6.20. The summed E-state index contributed by atoms with van der Waals surface area (Å²) >= 11 is 7.63. The Morgan fingerprint density at radius 3 is 2.64 bits per heavy atom. The lowest BCUT2D eigenvalue weighted by atomic mass is 10.1. The Balaban J connectivity index is 1.81. The zero-order valence-corrected chi connectivity index (χ0v) is 16.5. The van der Waals surface area contributed by atoms with Crippen molar-refractivity contribution in [1.82, 2.24) is 34.3 Å². The Kier molecular flexibility index (Phi) is 3.65. The lowest BCUT2D eigenvalue weighted by Gasteiger charge is -2.01. The minimum absolute atomic E-state index is 0.245. The maximum atomic E-state index is 13.1. The van der Waals surface area contributed by atoms with Gasteiger partial charge in [-0.2, -0.15) is 5.10 Å². The van der Waals surface area contributed by atoms with Gasteiger partial charge in [0.25, 0.3) is 6.43 Å². The van der Waals surface area contributed by atoms with Gasteiger partial charge in [-0.05, 0) is 25.5 Å². The number of fused-ring (bicyclic) bond motifs is 5. The van der Waals surface area contributed by atoms with Crippen LogP contribution < -0.4 is 0 Å². The van der Waals surface area contributed by atoms with E-state index in [2.05, 4.69) is 25.1 Å². The molecule has 0 aliphatic carbocycles. The largest absolute Gasteiger partial charge is 0.280 e. The molecular weight excluding hydrogens is 408 g/mol. The van der Waals surface area contributed by atoms with Crippen molar-refractivity contribution in [2.75, 3.05) is 0 Å². The van der Waals surface area contributed by atoms with Crippen LogP contribution in [-0.4, -0.2) is 34.3 Å². The fourth-order valence-electron chi connectivity index (χ4n) is 3.17. The highest BCUT2D eigenvalue weighted by Gasteiger charge is 2.21. The van der Waals surface area contributed by atoms with E-state index in [0.717, 1.165) is 15.8 Å². The van der Waals surface area contributed by atoms with Crippen LogP contribution in [0.4, 0.5) is 8.78 Å². The summed E-state index contributed by atoms with van der Waals surface area (Å²) in [4.78, 5) is 13.7. The highest BCUT2D eigenvalue weighted by atomic mass is 35.5. The van der Waals surface area contributed by atoms with E-state index in [-0.39, 0.29) is 5.69 Å². The molecule has 5 rings (SSSR count). The number of thiophene rings is 1. The van der Waals surface area contributed by atoms with Crippen molar-refractivity contribution in [2.45, 2.75) is 20.3 Å². The van der Waals surface area contributed by atoms with E-state index >= 15 is 0 Å². The maximum absolute atomic E-state index is 13.1. The monoisotopic (exact) mass is 419 g/mol. The summed E-state index contributed by atoms with van der Waals surface area (Å²) < 4.78 is 30.2. The number of aromatic nitrogens is 7. The van der Waals surface area contributed by atoms with Crippen LogP contribution in [0.5, 0.6) is 0 Å². The smallest absolute Gasteiger partial charge is 0.271 e. The Bertz CT molecular complexity index is 1400. The van der Waals surface area contributed by atoms with Crippen molar-refractivity contribution >= 4 is 49.0 Å². The molecule has 7 nitrogen and oxygen atoms in total. The molecule has 0 amide bonds. The van der Waals surface area contributed by atoms with Crippen molar-refractivity contribution in [3.63, 3.8) is 0 Å². The van der Waals surface area contributed by atoms with Gasteiger partial charge < -0.3 is 0 Å². The molecular formula is C17H12ClF2N7S. The lowest BCUT2D eigenvalue weighted by molar-refractivity contribution is 0.146. The predicted molar refractivity (Wildman–Crippen MR) is 103 cm³/mol. The first-order valence-corrected chi connectivity index (χ1v) is 9.47. The van der Waals surface area contributed by atoms with Crippen LogP contribution in [0, 0.1) is 13.8 Å². The van der Waals surface area contributed by atoms with Gasteiger partial charge in [0.2, 0.25) is 5.82 Å². The molecule has 0 aromatic carbocycles. The van der Waals surface area contributed by atoms with Crippen LogP contribution in [-0.2, 0) is 7.05 Å². The number of hydrogen-bond donors (Lipinski definition) is 0. The van der Waals surface area contributed by atoms with Gasteiger partial charge in [-0.15, -0.1) is 16.4 Å². The second-order valence-electron chi connectivity index (χ2n) is 6.44. The quantitative estimate of drug-likeness (QED) is 0.421. The molecule has 5 aromatic rings. The van der Waals surface area contributed by atoms with E-state index in [0.29, 0.717) is 38.1 Å². The first kappa shape index (κ1) is 17.4. The van der Waals surface area contributed by atoms with Crippen LogP contribution in [0.25, 0.3) is 37.6 Å². The summed E-state index contributed by atoms with van der Waals surface area (Å²) in [5, 5.41) is 10.0. The molecule has 0 spiro atoms. The Morgan fingerprint density at radius 2 is 1.96 bits per heavy atom. The van der Waals surface area contributed by atoms with E-state index in [1.807, 2.05) is 6.92 Å².